The second kappa shape index (κ2) is 6.79. The van der Waals surface area contributed by atoms with E-state index in [1.54, 1.807) is 30.3 Å². The van der Waals surface area contributed by atoms with E-state index < -0.39 is 29.6 Å². The number of carbonyl (C=O) groups excluding carboxylic acids is 1. The first-order valence-electron chi connectivity index (χ1n) is 8.52. The molecular weight excluding hydrogens is 375 g/mol. The van der Waals surface area contributed by atoms with Crippen molar-refractivity contribution in [2.24, 2.45) is 0 Å². The van der Waals surface area contributed by atoms with Crippen molar-refractivity contribution >= 4 is 5.91 Å². The predicted molar refractivity (Wildman–Crippen MR) is 94.5 cm³/mol. The molecule has 150 valence electrons. The standard InChI is InChI=1S/C20H20F3NO4/c1-18(2)19(26,20(21,22)23)28-17(14-9-11-15(27-3)12-10-14)24(18)16(25)13-7-5-4-6-8-13/h4-12,17,26H,1-3H3. The van der Waals surface area contributed by atoms with Gasteiger partial charge in [-0.15, -0.1) is 0 Å². The van der Waals surface area contributed by atoms with Crippen LogP contribution in [0.25, 0.3) is 0 Å². The fourth-order valence-corrected chi connectivity index (χ4v) is 3.29. The van der Waals surface area contributed by atoms with Gasteiger partial charge in [-0.3, -0.25) is 9.69 Å². The fourth-order valence-electron chi connectivity index (χ4n) is 3.29. The summed E-state index contributed by atoms with van der Waals surface area (Å²) < 4.78 is 51.5. The zero-order chi connectivity index (χ0) is 20.7. The lowest BCUT2D eigenvalue weighted by atomic mass is 9.91. The molecule has 1 heterocycles. The highest BCUT2D eigenvalue weighted by Gasteiger charge is 2.73. The third-order valence-electron chi connectivity index (χ3n) is 4.97. The lowest BCUT2D eigenvalue weighted by Crippen LogP contribution is -2.63. The van der Waals surface area contributed by atoms with Crippen molar-refractivity contribution in [1.82, 2.24) is 4.90 Å². The molecule has 0 bridgehead atoms. The van der Waals surface area contributed by atoms with Gasteiger partial charge in [-0.2, -0.15) is 13.2 Å². The number of rotatable bonds is 3. The molecular formula is C20H20F3NO4. The summed E-state index contributed by atoms with van der Waals surface area (Å²) in [4.78, 5) is 14.1. The number of nitrogens with zero attached hydrogens (tertiary/aromatic N) is 1. The molecule has 3 rings (SSSR count). The highest BCUT2D eigenvalue weighted by atomic mass is 19.4. The van der Waals surface area contributed by atoms with Crippen molar-refractivity contribution in [3.63, 3.8) is 0 Å². The molecule has 1 amide bonds. The summed E-state index contributed by atoms with van der Waals surface area (Å²) in [6.07, 6.45) is -6.56. The number of amides is 1. The topological polar surface area (TPSA) is 59.0 Å². The molecule has 2 aromatic rings. The maximum atomic E-state index is 13.8. The first kappa shape index (κ1) is 20.2. The number of ether oxygens (including phenoxy) is 2. The molecule has 1 aliphatic heterocycles. The second-order valence-electron chi connectivity index (χ2n) is 6.99. The van der Waals surface area contributed by atoms with E-state index in [2.05, 4.69) is 0 Å². The minimum atomic E-state index is -5.12. The van der Waals surface area contributed by atoms with Gasteiger partial charge < -0.3 is 14.6 Å². The van der Waals surface area contributed by atoms with Gasteiger partial charge in [-0.05, 0) is 38.1 Å². The fraction of sp³-hybridized carbons (Fsp3) is 0.350. The summed E-state index contributed by atoms with van der Waals surface area (Å²) in [6, 6.07) is 14.0. The number of methoxy groups -OCH3 is 1. The Kier molecular flexibility index (Phi) is 4.89. The van der Waals surface area contributed by atoms with E-state index in [9.17, 15) is 23.1 Å². The van der Waals surface area contributed by atoms with Crippen LogP contribution < -0.4 is 4.74 Å². The third kappa shape index (κ3) is 3.02. The van der Waals surface area contributed by atoms with Gasteiger partial charge in [0.2, 0.25) is 0 Å². The summed E-state index contributed by atoms with van der Waals surface area (Å²) >= 11 is 0. The van der Waals surface area contributed by atoms with Gasteiger partial charge in [0.05, 0.1) is 7.11 Å². The van der Waals surface area contributed by atoms with E-state index >= 15 is 0 Å². The Balaban J connectivity index is 2.13. The van der Waals surface area contributed by atoms with E-state index in [4.69, 9.17) is 9.47 Å². The summed E-state index contributed by atoms with van der Waals surface area (Å²) in [5.74, 6) is -3.74. The van der Waals surface area contributed by atoms with Gasteiger partial charge in [0, 0.05) is 11.1 Å². The molecule has 1 saturated heterocycles. The Morgan fingerprint density at radius 2 is 1.68 bits per heavy atom. The minimum Gasteiger partial charge on any atom is -0.497 e. The van der Waals surface area contributed by atoms with Crippen LogP contribution in [0.5, 0.6) is 5.75 Å². The maximum absolute atomic E-state index is 13.8. The van der Waals surface area contributed by atoms with Crippen LogP contribution in [0.4, 0.5) is 13.2 Å². The third-order valence-corrected chi connectivity index (χ3v) is 4.97. The van der Waals surface area contributed by atoms with E-state index in [0.717, 1.165) is 18.7 Å². The van der Waals surface area contributed by atoms with Crippen LogP contribution in [0.2, 0.25) is 0 Å². The summed E-state index contributed by atoms with van der Waals surface area (Å²) in [6.45, 7) is 2.26. The number of alkyl halides is 3. The monoisotopic (exact) mass is 395 g/mol. The van der Waals surface area contributed by atoms with E-state index in [1.807, 2.05) is 0 Å². The van der Waals surface area contributed by atoms with Gasteiger partial charge in [0.25, 0.3) is 11.7 Å². The highest BCUT2D eigenvalue weighted by Crippen LogP contribution is 2.53. The first-order valence-corrected chi connectivity index (χ1v) is 8.52. The Morgan fingerprint density at radius 3 is 2.18 bits per heavy atom. The molecule has 5 nitrogen and oxygen atoms in total. The smallest absolute Gasteiger partial charge is 0.445 e. The normalized spacial score (nSPS) is 24.2. The van der Waals surface area contributed by atoms with Crippen molar-refractivity contribution in [3.8, 4) is 5.75 Å². The second-order valence-corrected chi connectivity index (χ2v) is 6.99. The quantitative estimate of drug-likeness (QED) is 0.857. The molecule has 0 spiro atoms. The number of halogens is 3. The number of benzene rings is 2. The summed E-state index contributed by atoms with van der Waals surface area (Å²) in [5, 5.41) is 10.5. The zero-order valence-electron chi connectivity index (χ0n) is 15.5. The van der Waals surface area contributed by atoms with E-state index in [-0.39, 0.29) is 11.1 Å². The Bertz CT molecular complexity index is 852. The van der Waals surface area contributed by atoms with E-state index in [0.29, 0.717) is 5.75 Å². The van der Waals surface area contributed by atoms with Crippen LogP contribution in [0.3, 0.4) is 0 Å². The average Bonchev–Trinajstić information content (AvgIpc) is 2.89. The van der Waals surface area contributed by atoms with Crippen LogP contribution in [-0.4, -0.2) is 40.5 Å². The average molecular weight is 395 g/mol. The molecule has 0 saturated carbocycles. The van der Waals surface area contributed by atoms with Gasteiger partial charge in [0.15, 0.2) is 6.23 Å². The Hall–Kier alpha value is -2.58. The van der Waals surface area contributed by atoms with Crippen molar-refractivity contribution < 1.29 is 32.5 Å². The van der Waals surface area contributed by atoms with Crippen LogP contribution in [-0.2, 0) is 4.74 Å². The lowest BCUT2D eigenvalue weighted by Gasteiger charge is -2.39. The van der Waals surface area contributed by atoms with Crippen LogP contribution in [0, 0.1) is 0 Å². The Labute approximate surface area is 160 Å². The molecule has 0 aliphatic carbocycles. The van der Waals surface area contributed by atoms with Crippen LogP contribution >= 0.6 is 0 Å². The first-order chi connectivity index (χ1) is 13.0. The van der Waals surface area contributed by atoms with Crippen molar-refractivity contribution in [2.75, 3.05) is 7.11 Å². The molecule has 1 N–H and O–H groups in total. The number of hydrogen-bond donors (Lipinski definition) is 1. The zero-order valence-corrected chi connectivity index (χ0v) is 15.5. The molecule has 28 heavy (non-hydrogen) atoms. The predicted octanol–water partition coefficient (Wildman–Crippen LogP) is 3.90. The van der Waals surface area contributed by atoms with Crippen LogP contribution in [0.1, 0.15) is 36.0 Å². The number of aliphatic hydroxyl groups is 1. The largest absolute Gasteiger partial charge is 0.497 e. The number of carbonyl (C=O) groups is 1. The number of hydrogen-bond acceptors (Lipinski definition) is 4. The van der Waals surface area contributed by atoms with Crippen LogP contribution in [0.15, 0.2) is 54.6 Å². The molecule has 0 radical (unpaired) electrons. The van der Waals surface area contributed by atoms with Gasteiger partial charge in [-0.1, -0.05) is 30.3 Å². The lowest BCUT2D eigenvalue weighted by molar-refractivity contribution is -0.372. The SMILES string of the molecule is COc1ccc(C2OC(O)(C(F)(F)F)C(C)(C)N2C(=O)c2ccccc2)cc1. The van der Waals surface area contributed by atoms with Gasteiger partial charge >= 0.3 is 6.18 Å². The molecule has 8 heteroatoms. The molecule has 0 aromatic heterocycles. The van der Waals surface area contributed by atoms with Gasteiger partial charge in [0.1, 0.15) is 11.3 Å². The maximum Gasteiger partial charge on any atom is 0.445 e. The van der Waals surface area contributed by atoms with Crippen molar-refractivity contribution in [1.29, 1.82) is 0 Å². The van der Waals surface area contributed by atoms with Crippen molar-refractivity contribution in [2.45, 2.75) is 37.6 Å². The highest BCUT2D eigenvalue weighted by molar-refractivity contribution is 5.95. The molecule has 2 unspecified atom stereocenters. The minimum absolute atomic E-state index is 0.184. The van der Waals surface area contributed by atoms with E-state index in [1.165, 1.54) is 31.4 Å². The molecule has 1 fully saturated rings. The molecule has 1 aliphatic rings. The molecule has 2 atom stereocenters. The summed E-state index contributed by atoms with van der Waals surface area (Å²) in [7, 11) is 1.46. The Morgan fingerprint density at radius 1 is 1.11 bits per heavy atom. The van der Waals surface area contributed by atoms with Gasteiger partial charge in [-0.25, -0.2) is 0 Å². The molecule has 2 aromatic carbocycles. The summed E-state index contributed by atoms with van der Waals surface area (Å²) in [5.41, 5.74) is -1.63. The van der Waals surface area contributed by atoms with Crippen molar-refractivity contribution in [3.05, 3.63) is 65.7 Å².